The molecule has 0 radical (unpaired) electrons. The van der Waals surface area contributed by atoms with Crippen molar-refractivity contribution in [1.29, 1.82) is 0 Å². The highest BCUT2D eigenvalue weighted by Gasteiger charge is 2.16. The first kappa shape index (κ1) is 14.0. The first-order valence-electron chi connectivity index (χ1n) is 6.15. The summed E-state index contributed by atoms with van der Waals surface area (Å²) < 4.78 is 14.2. The normalized spacial score (nSPS) is 12.5. The van der Waals surface area contributed by atoms with E-state index in [1.807, 2.05) is 32.0 Å². The van der Waals surface area contributed by atoms with Gasteiger partial charge in [0.15, 0.2) is 0 Å². The molecule has 19 heavy (non-hydrogen) atoms. The smallest absolute Gasteiger partial charge is 0.132 e. The number of hydrogen-bond acceptors (Lipinski definition) is 1. The highest BCUT2D eigenvalue weighted by atomic mass is 35.5. The summed E-state index contributed by atoms with van der Waals surface area (Å²) in [5.74, 6) is -0.369. The van der Waals surface area contributed by atoms with Gasteiger partial charge in [-0.25, -0.2) is 4.39 Å². The molecule has 1 atom stereocenters. The number of aliphatic hydroxyl groups is 1. The lowest BCUT2D eigenvalue weighted by Gasteiger charge is -2.15. The first-order chi connectivity index (χ1) is 8.91. The van der Waals surface area contributed by atoms with Crippen LogP contribution in [-0.2, 0) is 0 Å². The molecular formula is C16H16ClFO. The maximum absolute atomic E-state index is 14.2. The minimum absolute atomic E-state index is 0.252. The van der Waals surface area contributed by atoms with Crippen molar-refractivity contribution >= 4 is 11.6 Å². The molecule has 0 bridgehead atoms. The maximum Gasteiger partial charge on any atom is 0.132 e. The molecule has 0 saturated heterocycles. The quantitative estimate of drug-likeness (QED) is 0.835. The lowest BCUT2D eigenvalue weighted by atomic mass is 9.93. The standard InChI is InChI=1S/C16H16ClFO/c1-9-5-4-6-10(2)16(9)13-7-12(11(3)19)14(17)8-15(13)18/h4-8,11,19H,1-3H3. The summed E-state index contributed by atoms with van der Waals surface area (Å²) in [6.45, 7) is 5.50. The van der Waals surface area contributed by atoms with E-state index >= 15 is 0 Å². The van der Waals surface area contributed by atoms with Crippen molar-refractivity contribution < 1.29 is 9.50 Å². The third-order valence-electron chi connectivity index (χ3n) is 3.29. The summed E-state index contributed by atoms with van der Waals surface area (Å²) in [7, 11) is 0. The van der Waals surface area contributed by atoms with Crippen molar-refractivity contribution in [2.75, 3.05) is 0 Å². The highest BCUT2D eigenvalue weighted by molar-refractivity contribution is 6.31. The van der Waals surface area contributed by atoms with Gasteiger partial charge in [0.25, 0.3) is 0 Å². The minimum atomic E-state index is -0.726. The molecule has 0 amide bonds. The summed E-state index contributed by atoms with van der Waals surface area (Å²) in [6.07, 6.45) is -0.726. The Kier molecular flexibility index (Phi) is 3.93. The van der Waals surface area contributed by atoms with Crippen molar-refractivity contribution in [3.8, 4) is 11.1 Å². The summed E-state index contributed by atoms with van der Waals surface area (Å²) in [5.41, 5.74) is 3.88. The lowest BCUT2D eigenvalue weighted by molar-refractivity contribution is 0.199. The second-order valence-electron chi connectivity index (χ2n) is 4.80. The van der Waals surface area contributed by atoms with Gasteiger partial charge < -0.3 is 5.11 Å². The number of aliphatic hydroxyl groups excluding tert-OH is 1. The summed E-state index contributed by atoms with van der Waals surface area (Å²) >= 11 is 5.96. The highest BCUT2D eigenvalue weighted by Crippen LogP contribution is 2.34. The Hall–Kier alpha value is -1.38. The molecule has 2 aromatic carbocycles. The Morgan fingerprint density at radius 1 is 1.16 bits per heavy atom. The molecule has 0 heterocycles. The Bertz CT molecular complexity index is 600. The van der Waals surface area contributed by atoms with E-state index in [1.165, 1.54) is 6.07 Å². The molecule has 0 aliphatic rings. The number of benzene rings is 2. The zero-order valence-corrected chi connectivity index (χ0v) is 11.9. The molecule has 0 saturated carbocycles. The molecular weight excluding hydrogens is 263 g/mol. The van der Waals surface area contributed by atoms with Crippen LogP contribution in [0.1, 0.15) is 29.7 Å². The molecule has 100 valence electrons. The predicted octanol–water partition coefficient (Wildman–Crippen LogP) is 4.82. The van der Waals surface area contributed by atoms with Crippen LogP contribution in [0.5, 0.6) is 0 Å². The van der Waals surface area contributed by atoms with Crippen LogP contribution in [-0.4, -0.2) is 5.11 Å². The molecule has 1 unspecified atom stereocenters. The zero-order chi connectivity index (χ0) is 14.2. The molecule has 1 N–H and O–H groups in total. The summed E-state index contributed by atoms with van der Waals surface area (Å²) in [6, 6.07) is 8.73. The third-order valence-corrected chi connectivity index (χ3v) is 3.61. The van der Waals surface area contributed by atoms with E-state index in [0.717, 1.165) is 16.7 Å². The molecule has 1 nitrogen and oxygen atoms in total. The van der Waals surface area contributed by atoms with Gasteiger partial charge in [-0.1, -0.05) is 29.8 Å². The molecule has 0 spiro atoms. The van der Waals surface area contributed by atoms with Crippen molar-refractivity contribution in [1.82, 2.24) is 0 Å². The van der Waals surface area contributed by atoms with E-state index in [0.29, 0.717) is 11.1 Å². The van der Waals surface area contributed by atoms with Gasteiger partial charge in [-0.2, -0.15) is 0 Å². The number of aryl methyl sites for hydroxylation is 2. The van der Waals surface area contributed by atoms with Crippen LogP contribution in [0.15, 0.2) is 30.3 Å². The van der Waals surface area contributed by atoms with Gasteiger partial charge >= 0.3 is 0 Å². The Balaban J connectivity index is 2.72. The monoisotopic (exact) mass is 278 g/mol. The zero-order valence-electron chi connectivity index (χ0n) is 11.2. The van der Waals surface area contributed by atoms with Gasteiger partial charge in [-0.05, 0) is 55.2 Å². The second kappa shape index (κ2) is 5.32. The molecule has 0 aromatic heterocycles. The van der Waals surface area contributed by atoms with Crippen molar-refractivity contribution in [3.63, 3.8) is 0 Å². The van der Waals surface area contributed by atoms with E-state index in [2.05, 4.69) is 0 Å². The largest absolute Gasteiger partial charge is 0.389 e. The van der Waals surface area contributed by atoms with Gasteiger partial charge in [0, 0.05) is 10.6 Å². The lowest BCUT2D eigenvalue weighted by Crippen LogP contribution is -1.98. The van der Waals surface area contributed by atoms with Crippen LogP contribution < -0.4 is 0 Å². The van der Waals surface area contributed by atoms with Crippen LogP contribution in [0.4, 0.5) is 4.39 Å². The second-order valence-corrected chi connectivity index (χ2v) is 5.20. The summed E-state index contributed by atoms with van der Waals surface area (Å²) in [4.78, 5) is 0. The van der Waals surface area contributed by atoms with Crippen LogP contribution in [0.25, 0.3) is 11.1 Å². The van der Waals surface area contributed by atoms with E-state index in [1.54, 1.807) is 13.0 Å². The number of rotatable bonds is 2. The average Bonchev–Trinajstić information content (AvgIpc) is 2.30. The molecule has 3 heteroatoms. The van der Waals surface area contributed by atoms with Crippen molar-refractivity contribution in [2.45, 2.75) is 26.9 Å². The van der Waals surface area contributed by atoms with Gasteiger partial charge in [-0.3, -0.25) is 0 Å². The topological polar surface area (TPSA) is 20.2 Å². The average molecular weight is 279 g/mol. The first-order valence-corrected chi connectivity index (χ1v) is 6.53. The van der Waals surface area contributed by atoms with E-state index in [-0.39, 0.29) is 10.8 Å². The van der Waals surface area contributed by atoms with E-state index < -0.39 is 6.10 Å². The van der Waals surface area contributed by atoms with Crippen LogP contribution >= 0.6 is 11.6 Å². The van der Waals surface area contributed by atoms with Crippen LogP contribution in [0, 0.1) is 19.7 Å². The Labute approximate surface area is 117 Å². The Morgan fingerprint density at radius 3 is 2.26 bits per heavy atom. The fourth-order valence-electron chi connectivity index (χ4n) is 2.32. The molecule has 0 aliphatic heterocycles. The van der Waals surface area contributed by atoms with Gasteiger partial charge in [0.05, 0.1) is 6.10 Å². The molecule has 2 aromatic rings. The minimum Gasteiger partial charge on any atom is -0.389 e. The third kappa shape index (κ3) is 2.65. The van der Waals surface area contributed by atoms with Crippen molar-refractivity contribution in [3.05, 3.63) is 57.9 Å². The van der Waals surface area contributed by atoms with Crippen molar-refractivity contribution in [2.24, 2.45) is 0 Å². The molecule has 0 aliphatic carbocycles. The molecule has 0 fully saturated rings. The Morgan fingerprint density at radius 2 is 1.74 bits per heavy atom. The predicted molar refractivity (Wildman–Crippen MR) is 77.0 cm³/mol. The van der Waals surface area contributed by atoms with Crippen LogP contribution in [0.3, 0.4) is 0 Å². The fourth-order valence-corrected chi connectivity index (χ4v) is 2.63. The fraction of sp³-hybridized carbons (Fsp3) is 0.250. The maximum atomic E-state index is 14.2. The summed E-state index contributed by atoms with van der Waals surface area (Å²) in [5, 5.41) is 9.95. The number of halogens is 2. The van der Waals surface area contributed by atoms with Gasteiger partial charge in [-0.15, -0.1) is 0 Å². The van der Waals surface area contributed by atoms with E-state index in [9.17, 15) is 9.50 Å². The van der Waals surface area contributed by atoms with Gasteiger partial charge in [0.1, 0.15) is 5.82 Å². The van der Waals surface area contributed by atoms with E-state index in [4.69, 9.17) is 11.6 Å². The molecule has 2 rings (SSSR count). The van der Waals surface area contributed by atoms with Gasteiger partial charge in [0.2, 0.25) is 0 Å². The SMILES string of the molecule is Cc1cccc(C)c1-c1cc(C(C)O)c(Cl)cc1F. The number of hydrogen-bond donors (Lipinski definition) is 1. The van der Waals surface area contributed by atoms with Crippen LogP contribution in [0.2, 0.25) is 5.02 Å².